The number of carbonyl (C=O) groups is 1. The lowest BCUT2D eigenvalue weighted by Gasteiger charge is -2.33. The zero-order valence-corrected chi connectivity index (χ0v) is 9.17. The standard InChI is InChI=1S/C11H22N2O/c1-2-3-9-13(11(12)14)10-7-5-4-6-8-10/h10H,2-9H2,1H3,(H2,12,14). The Bertz CT molecular complexity index is 176. The lowest BCUT2D eigenvalue weighted by atomic mass is 9.94. The summed E-state index contributed by atoms with van der Waals surface area (Å²) in [4.78, 5) is 13.1. The van der Waals surface area contributed by atoms with Crippen LogP contribution in [0.25, 0.3) is 0 Å². The Hall–Kier alpha value is -0.730. The van der Waals surface area contributed by atoms with E-state index in [0.29, 0.717) is 6.04 Å². The van der Waals surface area contributed by atoms with Gasteiger partial charge in [0, 0.05) is 12.6 Å². The van der Waals surface area contributed by atoms with E-state index >= 15 is 0 Å². The molecule has 2 amide bonds. The molecule has 0 atom stereocenters. The molecule has 3 nitrogen and oxygen atoms in total. The van der Waals surface area contributed by atoms with Crippen LogP contribution in [0.2, 0.25) is 0 Å². The van der Waals surface area contributed by atoms with Gasteiger partial charge in [0.05, 0.1) is 0 Å². The summed E-state index contributed by atoms with van der Waals surface area (Å²) < 4.78 is 0. The number of nitrogens with zero attached hydrogens (tertiary/aromatic N) is 1. The Morgan fingerprint density at radius 2 is 2.00 bits per heavy atom. The fourth-order valence-electron chi connectivity index (χ4n) is 2.19. The van der Waals surface area contributed by atoms with E-state index in [1.54, 1.807) is 0 Å². The van der Waals surface area contributed by atoms with Crippen molar-refractivity contribution >= 4 is 6.03 Å². The Labute approximate surface area is 86.6 Å². The quantitative estimate of drug-likeness (QED) is 0.741. The minimum atomic E-state index is -0.231. The van der Waals surface area contributed by atoms with Crippen LogP contribution in [-0.2, 0) is 0 Å². The summed E-state index contributed by atoms with van der Waals surface area (Å²) in [5.41, 5.74) is 5.40. The molecule has 0 heterocycles. The molecule has 0 unspecified atom stereocenters. The summed E-state index contributed by atoms with van der Waals surface area (Å²) in [5, 5.41) is 0. The third kappa shape index (κ3) is 3.20. The molecule has 1 rings (SSSR count). The van der Waals surface area contributed by atoms with Gasteiger partial charge in [-0.15, -0.1) is 0 Å². The van der Waals surface area contributed by atoms with Crippen molar-refractivity contribution in [3.05, 3.63) is 0 Å². The number of nitrogens with two attached hydrogens (primary N) is 1. The van der Waals surface area contributed by atoms with E-state index in [0.717, 1.165) is 32.2 Å². The predicted octanol–water partition coefficient (Wildman–Crippen LogP) is 2.50. The van der Waals surface area contributed by atoms with Crippen molar-refractivity contribution in [2.75, 3.05) is 6.54 Å². The minimum Gasteiger partial charge on any atom is -0.351 e. The summed E-state index contributed by atoms with van der Waals surface area (Å²) in [6, 6.07) is 0.193. The monoisotopic (exact) mass is 198 g/mol. The van der Waals surface area contributed by atoms with E-state index in [2.05, 4.69) is 6.92 Å². The highest BCUT2D eigenvalue weighted by atomic mass is 16.2. The van der Waals surface area contributed by atoms with Gasteiger partial charge < -0.3 is 10.6 Å². The Morgan fingerprint density at radius 1 is 1.36 bits per heavy atom. The smallest absolute Gasteiger partial charge is 0.315 e. The van der Waals surface area contributed by atoms with Gasteiger partial charge in [-0.25, -0.2) is 4.79 Å². The lowest BCUT2D eigenvalue weighted by Crippen LogP contribution is -2.45. The van der Waals surface area contributed by atoms with Crippen molar-refractivity contribution < 1.29 is 4.79 Å². The van der Waals surface area contributed by atoms with Crippen LogP contribution >= 0.6 is 0 Å². The number of primary amides is 1. The number of urea groups is 1. The van der Waals surface area contributed by atoms with Crippen molar-refractivity contribution in [3.8, 4) is 0 Å². The summed E-state index contributed by atoms with van der Waals surface area (Å²) in [6.07, 6.45) is 8.30. The predicted molar refractivity (Wildman–Crippen MR) is 58.1 cm³/mol. The van der Waals surface area contributed by atoms with Gasteiger partial charge in [0.2, 0.25) is 0 Å². The molecule has 82 valence electrons. The normalized spacial score (nSPS) is 18.1. The molecule has 14 heavy (non-hydrogen) atoms. The highest BCUT2D eigenvalue weighted by molar-refractivity contribution is 5.72. The van der Waals surface area contributed by atoms with Gasteiger partial charge in [0.1, 0.15) is 0 Å². The van der Waals surface area contributed by atoms with Gasteiger partial charge >= 0.3 is 6.03 Å². The molecule has 1 aliphatic rings. The largest absolute Gasteiger partial charge is 0.351 e. The Kier molecular flexibility index (Phi) is 4.77. The van der Waals surface area contributed by atoms with E-state index in [9.17, 15) is 4.79 Å². The molecule has 3 heteroatoms. The highest BCUT2D eigenvalue weighted by Crippen LogP contribution is 2.22. The summed E-state index contributed by atoms with van der Waals surface area (Å²) >= 11 is 0. The molecule has 1 fully saturated rings. The molecular formula is C11H22N2O. The molecule has 0 aromatic carbocycles. The first-order valence-corrected chi connectivity index (χ1v) is 5.81. The van der Waals surface area contributed by atoms with Crippen LogP contribution in [0, 0.1) is 0 Å². The molecule has 1 saturated carbocycles. The van der Waals surface area contributed by atoms with E-state index in [4.69, 9.17) is 5.73 Å². The SMILES string of the molecule is CCCCN(C(N)=O)C1CCCCC1. The molecule has 0 aromatic heterocycles. The van der Waals surface area contributed by atoms with E-state index in [1.807, 2.05) is 4.90 Å². The molecular weight excluding hydrogens is 176 g/mol. The van der Waals surface area contributed by atoms with Crippen LogP contribution < -0.4 is 5.73 Å². The molecule has 0 aliphatic heterocycles. The molecule has 0 aromatic rings. The average molecular weight is 198 g/mol. The van der Waals surface area contributed by atoms with Crippen LogP contribution in [0.3, 0.4) is 0 Å². The zero-order chi connectivity index (χ0) is 10.4. The number of hydrogen-bond acceptors (Lipinski definition) is 1. The fraction of sp³-hybridized carbons (Fsp3) is 0.909. The molecule has 0 bridgehead atoms. The molecule has 0 spiro atoms. The topological polar surface area (TPSA) is 46.3 Å². The van der Waals surface area contributed by atoms with Crippen LogP contribution in [0.5, 0.6) is 0 Å². The zero-order valence-electron chi connectivity index (χ0n) is 9.17. The van der Waals surface area contributed by atoms with Crippen molar-refractivity contribution in [2.45, 2.75) is 57.9 Å². The Balaban J connectivity index is 2.43. The first kappa shape index (κ1) is 11.3. The molecule has 2 N–H and O–H groups in total. The van der Waals surface area contributed by atoms with Gasteiger partial charge in [-0.1, -0.05) is 32.6 Å². The average Bonchev–Trinajstić information content (AvgIpc) is 2.19. The van der Waals surface area contributed by atoms with Crippen molar-refractivity contribution in [1.29, 1.82) is 0 Å². The van der Waals surface area contributed by atoms with Crippen LogP contribution in [-0.4, -0.2) is 23.5 Å². The fourth-order valence-corrected chi connectivity index (χ4v) is 2.19. The van der Waals surface area contributed by atoms with Gasteiger partial charge in [-0.3, -0.25) is 0 Å². The third-order valence-electron chi connectivity index (χ3n) is 3.05. The van der Waals surface area contributed by atoms with E-state index < -0.39 is 0 Å². The van der Waals surface area contributed by atoms with Gasteiger partial charge in [-0.2, -0.15) is 0 Å². The van der Waals surface area contributed by atoms with Gasteiger partial charge in [0.15, 0.2) is 0 Å². The second-order valence-corrected chi connectivity index (χ2v) is 4.18. The van der Waals surface area contributed by atoms with Crippen LogP contribution in [0.1, 0.15) is 51.9 Å². The summed E-state index contributed by atoms with van der Waals surface area (Å²) in [7, 11) is 0. The van der Waals surface area contributed by atoms with E-state index in [1.165, 1.54) is 19.3 Å². The lowest BCUT2D eigenvalue weighted by molar-refractivity contribution is 0.162. The van der Waals surface area contributed by atoms with Crippen molar-refractivity contribution in [1.82, 2.24) is 4.90 Å². The first-order valence-electron chi connectivity index (χ1n) is 5.81. The van der Waals surface area contributed by atoms with Crippen molar-refractivity contribution in [2.24, 2.45) is 5.73 Å². The van der Waals surface area contributed by atoms with Gasteiger partial charge in [-0.05, 0) is 19.3 Å². The second kappa shape index (κ2) is 5.89. The maximum Gasteiger partial charge on any atom is 0.315 e. The molecule has 0 saturated heterocycles. The second-order valence-electron chi connectivity index (χ2n) is 4.18. The maximum absolute atomic E-state index is 11.3. The minimum absolute atomic E-state index is 0.231. The number of amides is 2. The maximum atomic E-state index is 11.3. The molecule has 0 radical (unpaired) electrons. The number of carbonyl (C=O) groups excluding carboxylic acids is 1. The van der Waals surface area contributed by atoms with Crippen LogP contribution in [0.15, 0.2) is 0 Å². The molecule has 1 aliphatic carbocycles. The van der Waals surface area contributed by atoms with Crippen molar-refractivity contribution in [3.63, 3.8) is 0 Å². The first-order chi connectivity index (χ1) is 6.75. The van der Waals surface area contributed by atoms with Crippen LogP contribution in [0.4, 0.5) is 4.79 Å². The third-order valence-corrected chi connectivity index (χ3v) is 3.05. The van der Waals surface area contributed by atoms with Gasteiger partial charge in [0.25, 0.3) is 0 Å². The highest BCUT2D eigenvalue weighted by Gasteiger charge is 2.22. The number of unbranched alkanes of at least 4 members (excludes halogenated alkanes) is 1. The van der Waals surface area contributed by atoms with E-state index in [-0.39, 0.29) is 6.03 Å². The summed E-state index contributed by atoms with van der Waals surface area (Å²) in [5.74, 6) is 0. The number of hydrogen-bond donors (Lipinski definition) is 1. The number of rotatable bonds is 4. The summed E-state index contributed by atoms with van der Waals surface area (Å²) in [6.45, 7) is 2.98. The Morgan fingerprint density at radius 3 is 2.50 bits per heavy atom.